The molecule has 7 nitrogen and oxygen atoms in total. The number of nitrogens with zero attached hydrogens (tertiary/aromatic N) is 3. The predicted octanol–water partition coefficient (Wildman–Crippen LogP) is 0.438. The van der Waals surface area contributed by atoms with Crippen molar-refractivity contribution < 1.29 is 14.6 Å². The fourth-order valence-corrected chi connectivity index (χ4v) is 3.96. The first-order chi connectivity index (χ1) is 12.1. The molecule has 2 aliphatic heterocycles. The Kier molecular flexibility index (Phi) is 6.09. The van der Waals surface area contributed by atoms with Crippen LogP contribution < -0.4 is 0 Å². The van der Waals surface area contributed by atoms with E-state index < -0.39 is 6.10 Å². The molecule has 1 aromatic heterocycles. The molecule has 0 saturated carbocycles. The maximum Gasteiger partial charge on any atom is 0.225 e. The van der Waals surface area contributed by atoms with Crippen LogP contribution in [0.3, 0.4) is 0 Å². The van der Waals surface area contributed by atoms with Gasteiger partial charge < -0.3 is 19.6 Å². The van der Waals surface area contributed by atoms with Crippen molar-refractivity contribution in [1.29, 1.82) is 0 Å². The molecule has 140 valence electrons. The number of aryl methyl sites for hydroxylation is 1. The Labute approximate surface area is 149 Å². The highest BCUT2D eigenvalue weighted by atomic mass is 16.5. The van der Waals surface area contributed by atoms with Crippen LogP contribution in [-0.2, 0) is 16.0 Å². The number of nitrogens with one attached hydrogen (secondary N) is 1. The molecule has 3 rings (SSSR count). The summed E-state index contributed by atoms with van der Waals surface area (Å²) < 4.78 is 5.12. The van der Waals surface area contributed by atoms with Crippen LogP contribution in [0.15, 0.2) is 6.07 Å². The van der Waals surface area contributed by atoms with Gasteiger partial charge in [0, 0.05) is 44.3 Å². The number of likely N-dealkylation sites (tertiary alicyclic amines) is 2. The second-order valence-corrected chi connectivity index (χ2v) is 7.43. The summed E-state index contributed by atoms with van der Waals surface area (Å²) in [6.45, 7) is 6.64. The Hall–Kier alpha value is -1.44. The number of amides is 1. The number of aromatic amines is 1. The van der Waals surface area contributed by atoms with E-state index in [-0.39, 0.29) is 17.7 Å². The third-order valence-corrected chi connectivity index (χ3v) is 5.50. The SMILES string of the molecule is COCCN1CCC(C(=O)N2C[C@@H](Cc3cc(C)[nH]n3)[C@H](O)C2)CC1. The fraction of sp³-hybridized carbons (Fsp3) is 0.778. The summed E-state index contributed by atoms with van der Waals surface area (Å²) >= 11 is 0. The van der Waals surface area contributed by atoms with E-state index in [1.54, 1.807) is 7.11 Å². The van der Waals surface area contributed by atoms with Crippen molar-refractivity contribution in [3.8, 4) is 0 Å². The minimum Gasteiger partial charge on any atom is -0.391 e. The number of aliphatic hydroxyl groups excluding tert-OH is 1. The van der Waals surface area contributed by atoms with E-state index in [1.807, 2.05) is 17.9 Å². The highest BCUT2D eigenvalue weighted by Crippen LogP contribution is 2.26. The number of aromatic nitrogens is 2. The number of aliphatic hydroxyl groups is 1. The monoisotopic (exact) mass is 350 g/mol. The summed E-state index contributed by atoms with van der Waals surface area (Å²) in [7, 11) is 1.72. The standard InChI is InChI=1S/C18H30N4O3/c1-13-9-16(20-19-13)10-15-11-22(12-17(15)23)18(24)14-3-5-21(6-4-14)7-8-25-2/h9,14-15,17,23H,3-8,10-12H2,1-2H3,(H,19,20)/t15-,17-/m1/s1. The van der Waals surface area contributed by atoms with Crippen LogP contribution in [0.1, 0.15) is 24.2 Å². The highest BCUT2D eigenvalue weighted by molar-refractivity contribution is 5.79. The largest absolute Gasteiger partial charge is 0.391 e. The van der Waals surface area contributed by atoms with E-state index in [2.05, 4.69) is 15.1 Å². The van der Waals surface area contributed by atoms with Crippen molar-refractivity contribution in [1.82, 2.24) is 20.0 Å². The number of β-amino-alcohol motifs (C(OH)–C–C–N with tert-alkyl or cyclic N) is 1. The first-order valence-electron chi connectivity index (χ1n) is 9.26. The number of piperidine rings is 1. The van der Waals surface area contributed by atoms with Crippen LogP contribution in [-0.4, -0.2) is 83.6 Å². The van der Waals surface area contributed by atoms with Gasteiger partial charge in [-0.15, -0.1) is 0 Å². The first-order valence-corrected chi connectivity index (χ1v) is 9.26. The number of hydrogen-bond donors (Lipinski definition) is 2. The molecular weight excluding hydrogens is 320 g/mol. The van der Waals surface area contributed by atoms with E-state index in [0.717, 1.165) is 50.5 Å². The fourth-order valence-electron chi connectivity index (χ4n) is 3.96. The number of rotatable bonds is 6. The molecule has 0 unspecified atom stereocenters. The molecule has 7 heteroatoms. The van der Waals surface area contributed by atoms with Gasteiger partial charge in [-0.1, -0.05) is 0 Å². The van der Waals surface area contributed by atoms with Crippen LogP contribution in [0, 0.1) is 18.8 Å². The maximum atomic E-state index is 12.8. The molecule has 0 aromatic carbocycles. The zero-order valence-corrected chi connectivity index (χ0v) is 15.3. The minimum absolute atomic E-state index is 0.0773. The Bertz CT molecular complexity index is 568. The Balaban J connectivity index is 1.48. The van der Waals surface area contributed by atoms with Crippen LogP contribution in [0.5, 0.6) is 0 Å². The van der Waals surface area contributed by atoms with Gasteiger partial charge in [-0.3, -0.25) is 9.89 Å². The second-order valence-electron chi connectivity index (χ2n) is 7.43. The van der Waals surface area contributed by atoms with Crippen molar-refractivity contribution in [2.75, 3.05) is 46.4 Å². The van der Waals surface area contributed by atoms with Gasteiger partial charge >= 0.3 is 0 Å². The molecule has 0 radical (unpaired) electrons. The maximum absolute atomic E-state index is 12.8. The molecule has 25 heavy (non-hydrogen) atoms. The van der Waals surface area contributed by atoms with E-state index in [4.69, 9.17) is 4.74 Å². The molecule has 2 saturated heterocycles. The van der Waals surface area contributed by atoms with E-state index in [0.29, 0.717) is 19.5 Å². The molecule has 1 aromatic rings. The quantitative estimate of drug-likeness (QED) is 0.778. The Morgan fingerprint density at radius 2 is 2.16 bits per heavy atom. The van der Waals surface area contributed by atoms with E-state index in [1.165, 1.54) is 0 Å². The highest BCUT2D eigenvalue weighted by Gasteiger charge is 2.37. The number of methoxy groups -OCH3 is 1. The van der Waals surface area contributed by atoms with Crippen molar-refractivity contribution in [3.63, 3.8) is 0 Å². The van der Waals surface area contributed by atoms with Crippen molar-refractivity contribution in [3.05, 3.63) is 17.5 Å². The summed E-state index contributed by atoms with van der Waals surface area (Å²) in [4.78, 5) is 17.0. The second kappa shape index (κ2) is 8.29. The van der Waals surface area contributed by atoms with Gasteiger partial charge in [0.1, 0.15) is 0 Å². The van der Waals surface area contributed by atoms with Gasteiger partial charge in [-0.25, -0.2) is 0 Å². The van der Waals surface area contributed by atoms with Gasteiger partial charge in [0.15, 0.2) is 0 Å². The van der Waals surface area contributed by atoms with E-state index >= 15 is 0 Å². The molecule has 0 bridgehead atoms. The average Bonchev–Trinajstić information content (AvgIpc) is 3.19. The summed E-state index contributed by atoms with van der Waals surface area (Å²) in [6, 6.07) is 2.01. The van der Waals surface area contributed by atoms with Gasteiger partial charge in [0.05, 0.1) is 18.4 Å². The molecule has 3 heterocycles. The van der Waals surface area contributed by atoms with Gasteiger partial charge in [0.2, 0.25) is 5.91 Å². The zero-order valence-electron chi connectivity index (χ0n) is 15.3. The van der Waals surface area contributed by atoms with Gasteiger partial charge in [0.25, 0.3) is 0 Å². The lowest BCUT2D eigenvalue weighted by Gasteiger charge is -2.33. The summed E-state index contributed by atoms with van der Waals surface area (Å²) in [5.74, 6) is 0.386. The molecule has 2 fully saturated rings. The van der Waals surface area contributed by atoms with Crippen LogP contribution in [0.25, 0.3) is 0 Å². The summed E-state index contributed by atoms with van der Waals surface area (Å²) in [5, 5.41) is 17.5. The number of ether oxygens (including phenoxy) is 1. The lowest BCUT2D eigenvalue weighted by Crippen LogP contribution is -2.43. The van der Waals surface area contributed by atoms with Gasteiger partial charge in [-0.2, -0.15) is 5.10 Å². The van der Waals surface area contributed by atoms with Crippen molar-refractivity contribution >= 4 is 5.91 Å². The smallest absolute Gasteiger partial charge is 0.225 e. The molecule has 2 aliphatic rings. The van der Waals surface area contributed by atoms with Crippen molar-refractivity contribution in [2.45, 2.75) is 32.3 Å². The molecule has 2 atom stereocenters. The average molecular weight is 350 g/mol. The third-order valence-electron chi connectivity index (χ3n) is 5.50. The minimum atomic E-state index is -0.456. The normalized spacial score (nSPS) is 25.6. The molecule has 2 N–H and O–H groups in total. The van der Waals surface area contributed by atoms with Crippen molar-refractivity contribution in [2.24, 2.45) is 11.8 Å². The number of hydrogen-bond acceptors (Lipinski definition) is 5. The number of H-pyrrole nitrogens is 1. The number of carbonyl (C=O) groups excluding carboxylic acids is 1. The molecule has 1 amide bonds. The first kappa shape index (κ1) is 18.4. The molecule has 0 aliphatic carbocycles. The van der Waals surface area contributed by atoms with Crippen LogP contribution in [0.2, 0.25) is 0 Å². The van der Waals surface area contributed by atoms with Crippen LogP contribution in [0.4, 0.5) is 0 Å². The van der Waals surface area contributed by atoms with Crippen LogP contribution >= 0.6 is 0 Å². The number of carbonyl (C=O) groups is 1. The third kappa shape index (κ3) is 4.59. The molecule has 0 spiro atoms. The zero-order chi connectivity index (χ0) is 17.8. The Morgan fingerprint density at radius 3 is 2.80 bits per heavy atom. The lowest BCUT2D eigenvalue weighted by atomic mass is 9.95. The lowest BCUT2D eigenvalue weighted by molar-refractivity contribution is -0.136. The van der Waals surface area contributed by atoms with E-state index in [9.17, 15) is 9.90 Å². The summed E-state index contributed by atoms with van der Waals surface area (Å²) in [6.07, 6.45) is 2.06. The molecular formula is C18H30N4O3. The predicted molar refractivity (Wildman–Crippen MR) is 94.1 cm³/mol. The summed E-state index contributed by atoms with van der Waals surface area (Å²) in [5.41, 5.74) is 1.98. The van der Waals surface area contributed by atoms with Gasteiger partial charge in [-0.05, 0) is 45.3 Å². The topological polar surface area (TPSA) is 81.7 Å². The Morgan fingerprint density at radius 1 is 1.40 bits per heavy atom.